The number of benzene rings is 1. The smallest absolute Gasteiger partial charge is 0.134 e. The Morgan fingerprint density at radius 1 is 1.46 bits per heavy atom. The van der Waals surface area contributed by atoms with Gasteiger partial charge in [-0.1, -0.05) is 0 Å². The van der Waals surface area contributed by atoms with Crippen molar-refractivity contribution in [3.8, 4) is 0 Å². The molecule has 0 bridgehead atoms. The average Bonchev–Trinajstić information content (AvgIpc) is 2.01. The Bertz CT molecular complexity index is 323. The van der Waals surface area contributed by atoms with Gasteiger partial charge in [0.1, 0.15) is 5.78 Å². The summed E-state index contributed by atoms with van der Waals surface area (Å²) in [5, 5.41) is 0. The highest BCUT2D eigenvalue weighted by atomic mass is 127. The van der Waals surface area contributed by atoms with Crippen molar-refractivity contribution < 1.29 is 4.79 Å². The summed E-state index contributed by atoms with van der Waals surface area (Å²) in [7, 11) is 0. The van der Waals surface area contributed by atoms with Crippen molar-refractivity contribution in [3.05, 3.63) is 27.3 Å². The molecule has 0 fully saturated rings. The van der Waals surface area contributed by atoms with Crippen LogP contribution in [0.15, 0.2) is 23.1 Å². The molecule has 0 unspecified atom stereocenters. The lowest BCUT2D eigenvalue weighted by Gasteiger charge is -2.02. The van der Waals surface area contributed by atoms with Crippen LogP contribution in [0.4, 0.5) is 0 Å². The van der Waals surface area contributed by atoms with Gasteiger partial charge < -0.3 is 0 Å². The van der Waals surface area contributed by atoms with E-state index in [1.54, 1.807) is 18.7 Å². The van der Waals surface area contributed by atoms with Gasteiger partial charge in [0.2, 0.25) is 0 Å². The van der Waals surface area contributed by atoms with Gasteiger partial charge >= 0.3 is 0 Å². The van der Waals surface area contributed by atoms with Crippen molar-refractivity contribution in [3.63, 3.8) is 0 Å². The molecule has 0 N–H and O–H groups in total. The number of rotatable bonds is 3. The molecule has 0 aliphatic heterocycles. The summed E-state index contributed by atoms with van der Waals surface area (Å²) in [5.41, 5.74) is 1.11. The molecule has 0 saturated heterocycles. The summed E-state index contributed by atoms with van der Waals surface area (Å²) < 4.78 is 1.20. The lowest BCUT2D eigenvalue weighted by atomic mass is 10.1. The van der Waals surface area contributed by atoms with E-state index >= 15 is 0 Å². The van der Waals surface area contributed by atoms with Crippen LogP contribution in [0.1, 0.15) is 12.5 Å². The lowest BCUT2D eigenvalue weighted by Crippen LogP contribution is -1.96. The highest BCUT2D eigenvalue weighted by molar-refractivity contribution is 14.1. The monoisotopic (exact) mass is 306 g/mol. The first-order valence-electron chi connectivity index (χ1n) is 3.94. The Hall–Kier alpha value is -0.0300. The van der Waals surface area contributed by atoms with E-state index in [2.05, 4.69) is 40.8 Å². The zero-order valence-electron chi connectivity index (χ0n) is 7.63. The fourth-order valence-corrected chi connectivity index (χ4v) is 2.59. The maximum Gasteiger partial charge on any atom is 0.134 e. The standard InChI is InChI=1S/C10H11IOS/c1-7(12)3-8-4-9(11)6-10(5-8)13-2/h4-6H,3H2,1-2H3. The molecule has 13 heavy (non-hydrogen) atoms. The van der Waals surface area contributed by atoms with Crippen LogP contribution in [0, 0.1) is 3.57 Å². The van der Waals surface area contributed by atoms with E-state index in [1.165, 1.54) is 8.47 Å². The maximum absolute atomic E-state index is 10.9. The van der Waals surface area contributed by atoms with Gasteiger partial charge in [-0.25, -0.2) is 0 Å². The maximum atomic E-state index is 10.9. The van der Waals surface area contributed by atoms with E-state index in [0.717, 1.165) is 5.56 Å². The zero-order chi connectivity index (χ0) is 9.84. The molecule has 0 saturated carbocycles. The second kappa shape index (κ2) is 5.00. The first-order valence-corrected chi connectivity index (χ1v) is 6.25. The lowest BCUT2D eigenvalue weighted by molar-refractivity contribution is -0.116. The third-order valence-electron chi connectivity index (χ3n) is 1.62. The van der Waals surface area contributed by atoms with Gasteiger partial charge in [-0.05, 0) is 59.5 Å². The molecule has 0 atom stereocenters. The average molecular weight is 306 g/mol. The van der Waals surface area contributed by atoms with Crippen LogP contribution < -0.4 is 0 Å². The topological polar surface area (TPSA) is 17.1 Å². The van der Waals surface area contributed by atoms with Gasteiger partial charge in [-0.2, -0.15) is 0 Å². The van der Waals surface area contributed by atoms with Crippen LogP contribution in [0.5, 0.6) is 0 Å². The Balaban J connectivity index is 2.94. The molecule has 70 valence electrons. The van der Waals surface area contributed by atoms with E-state index in [0.29, 0.717) is 6.42 Å². The number of hydrogen-bond acceptors (Lipinski definition) is 2. The second-order valence-electron chi connectivity index (χ2n) is 2.88. The number of hydrogen-bond donors (Lipinski definition) is 0. The third kappa shape index (κ3) is 3.68. The van der Waals surface area contributed by atoms with Crippen LogP contribution in [0.2, 0.25) is 0 Å². The van der Waals surface area contributed by atoms with Gasteiger partial charge in [0, 0.05) is 14.9 Å². The molecule has 0 amide bonds. The largest absolute Gasteiger partial charge is 0.300 e. The molecule has 0 radical (unpaired) electrons. The number of Topliss-reactive ketones (excluding diaryl/α,β-unsaturated/α-hetero) is 1. The number of halogens is 1. The second-order valence-corrected chi connectivity index (χ2v) is 5.00. The van der Waals surface area contributed by atoms with Crippen molar-refractivity contribution in [1.82, 2.24) is 0 Å². The molecule has 1 rings (SSSR count). The van der Waals surface area contributed by atoms with Crippen molar-refractivity contribution in [2.45, 2.75) is 18.2 Å². The fraction of sp³-hybridized carbons (Fsp3) is 0.300. The number of ketones is 1. The molecule has 1 aromatic rings. The van der Waals surface area contributed by atoms with E-state index in [-0.39, 0.29) is 5.78 Å². The van der Waals surface area contributed by atoms with Crippen LogP contribution in [-0.2, 0) is 11.2 Å². The summed E-state index contributed by atoms with van der Waals surface area (Å²) in [6, 6.07) is 6.25. The van der Waals surface area contributed by atoms with Gasteiger partial charge in [-0.15, -0.1) is 11.8 Å². The van der Waals surface area contributed by atoms with Crippen LogP contribution in [0.3, 0.4) is 0 Å². The molecule has 1 aromatic carbocycles. The Morgan fingerprint density at radius 2 is 2.15 bits per heavy atom. The van der Waals surface area contributed by atoms with Crippen molar-refractivity contribution in [2.24, 2.45) is 0 Å². The first kappa shape index (κ1) is 11.0. The zero-order valence-corrected chi connectivity index (χ0v) is 10.6. The molecule has 0 aliphatic rings. The highest BCUT2D eigenvalue weighted by Gasteiger charge is 2.01. The predicted octanol–water partition coefficient (Wildman–Crippen LogP) is 3.14. The molecule has 0 aliphatic carbocycles. The SMILES string of the molecule is CSc1cc(I)cc(CC(C)=O)c1. The van der Waals surface area contributed by atoms with Crippen molar-refractivity contribution >= 4 is 40.1 Å². The van der Waals surface area contributed by atoms with E-state index in [1.807, 2.05) is 6.26 Å². The fourth-order valence-electron chi connectivity index (χ4n) is 1.13. The van der Waals surface area contributed by atoms with Crippen LogP contribution in [0.25, 0.3) is 0 Å². The minimum absolute atomic E-state index is 0.217. The summed E-state index contributed by atoms with van der Waals surface area (Å²) in [4.78, 5) is 12.1. The first-order chi connectivity index (χ1) is 6.11. The van der Waals surface area contributed by atoms with E-state index < -0.39 is 0 Å². The third-order valence-corrected chi connectivity index (χ3v) is 2.95. The quantitative estimate of drug-likeness (QED) is 0.630. The molecular formula is C10H11IOS. The summed E-state index contributed by atoms with van der Waals surface area (Å²) in [6.45, 7) is 1.62. The highest BCUT2D eigenvalue weighted by Crippen LogP contribution is 2.20. The Kier molecular flexibility index (Phi) is 4.25. The minimum Gasteiger partial charge on any atom is -0.300 e. The summed E-state index contributed by atoms with van der Waals surface area (Å²) in [5.74, 6) is 0.217. The van der Waals surface area contributed by atoms with Crippen molar-refractivity contribution in [2.75, 3.05) is 6.26 Å². The van der Waals surface area contributed by atoms with E-state index in [9.17, 15) is 4.79 Å². The summed E-state index contributed by atoms with van der Waals surface area (Å²) >= 11 is 3.98. The van der Waals surface area contributed by atoms with Gasteiger partial charge in [0.05, 0.1) is 0 Å². The van der Waals surface area contributed by atoms with Gasteiger partial charge in [-0.3, -0.25) is 4.79 Å². The molecule has 0 heterocycles. The van der Waals surface area contributed by atoms with Crippen LogP contribution in [-0.4, -0.2) is 12.0 Å². The minimum atomic E-state index is 0.217. The number of carbonyl (C=O) groups is 1. The molecule has 0 aromatic heterocycles. The summed E-state index contributed by atoms with van der Waals surface area (Å²) in [6.07, 6.45) is 2.59. The van der Waals surface area contributed by atoms with Gasteiger partial charge in [0.15, 0.2) is 0 Å². The predicted molar refractivity (Wildman–Crippen MR) is 65.3 cm³/mol. The van der Waals surface area contributed by atoms with Gasteiger partial charge in [0.25, 0.3) is 0 Å². The van der Waals surface area contributed by atoms with Crippen molar-refractivity contribution in [1.29, 1.82) is 0 Å². The molecule has 1 nitrogen and oxygen atoms in total. The number of carbonyl (C=O) groups excluding carboxylic acids is 1. The molecule has 3 heteroatoms. The normalized spacial score (nSPS) is 10.1. The van der Waals surface area contributed by atoms with Crippen LogP contribution >= 0.6 is 34.4 Å². The molecular weight excluding hydrogens is 295 g/mol. The Labute approximate surface area is 96.4 Å². The van der Waals surface area contributed by atoms with E-state index in [4.69, 9.17) is 0 Å². The Morgan fingerprint density at radius 3 is 2.69 bits per heavy atom. The number of thioether (sulfide) groups is 1. The molecule has 0 spiro atoms.